The van der Waals surface area contributed by atoms with E-state index in [-0.39, 0.29) is 34.6 Å². The van der Waals surface area contributed by atoms with Gasteiger partial charge in [0.25, 0.3) is 0 Å². The summed E-state index contributed by atoms with van der Waals surface area (Å²) in [5, 5.41) is 7.66. The number of likely N-dealkylation sites (N-methyl/N-ethyl adjacent to an activating group) is 1. The Morgan fingerprint density at radius 1 is 1.27 bits per heavy atom. The summed E-state index contributed by atoms with van der Waals surface area (Å²) in [6.45, 7) is 7.97. The molecule has 214 valence electrons. The zero-order valence-corrected chi connectivity index (χ0v) is 23.1. The fraction of sp³-hybridized carbons (Fsp3) is 0.370. The highest BCUT2D eigenvalue weighted by Crippen LogP contribution is 2.40. The minimum absolute atomic E-state index is 0.0325. The lowest BCUT2D eigenvalue weighted by Gasteiger charge is -2.35. The first-order valence-corrected chi connectivity index (χ1v) is 13.5. The zero-order chi connectivity index (χ0) is 28.5. The molecule has 0 spiro atoms. The van der Waals surface area contributed by atoms with E-state index in [9.17, 15) is 9.18 Å². The second-order valence-electron chi connectivity index (χ2n) is 9.81. The highest BCUT2D eigenvalue weighted by Gasteiger charge is 2.26. The Morgan fingerprint density at radius 2 is 2.10 bits per heavy atom. The maximum Gasteiger partial charge on any atom is 0.319 e. The number of pyridine rings is 1. The second kappa shape index (κ2) is 11.4. The maximum atomic E-state index is 14.6. The number of nitrogens with zero attached hydrogens (tertiary/aromatic N) is 7. The lowest BCUT2D eigenvalue weighted by molar-refractivity contribution is -0.126. The predicted octanol–water partition coefficient (Wildman–Crippen LogP) is 3.03. The number of aromatic nitrogens is 5. The fourth-order valence-electron chi connectivity index (χ4n) is 4.93. The standard InChI is InChI=1S/C27H28ClFN8O4/c1-3-21(38)36-6-8-37(9-7-36)25-17-4-5-30-26(41-24-18-13-31-34-20(18)12-19(29)22(24)28)23(17)32-27(33-25)40-15-16-14-39-11-10-35(16)2/h3-5,12-13,16H,1,6-11,14-15H2,2H3,(H,31,34). The Balaban J connectivity index is 1.39. The molecule has 2 fully saturated rings. The quantitative estimate of drug-likeness (QED) is 0.325. The van der Waals surface area contributed by atoms with Crippen LogP contribution in [-0.4, -0.2) is 106 Å². The number of ether oxygens (including phenoxy) is 3. The van der Waals surface area contributed by atoms with E-state index in [2.05, 4.69) is 36.5 Å². The van der Waals surface area contributed by atoms with Gasteiger partial charge in [-0.25, -0.2) is 9.37 Å². The number of H-pyrrole nitrogens is 1. The van der Waals surface area contributed by atoms with Gasteiger partial charge in [0.2, 0.25) is 11.8 Å². The zero-order valence-electron chi connectivity index (χ0n) is 22.3. The summed E-state index contributed by atoms with van der Waals surface area (Å²) in [7, 11) is 2.02. The summed E-state index contributed by atoms with van der Waals surface area (Å²) in [6.07, 6.45) is 4.39. The van der Waals surface area contributed by atoms with E-state index in [1.807, 2.05) is 7.05 Å². The fourth-order valence-corrected chi connectivity index (χ4v) is 5.12. The molecule has 41 heavy (non-hydrogen) atoms. The number of fused-ring (bicyclic) bond motifs is 2. The third-order valence-corrected chi connectivity index (χ3v) is 7.68. The van der Waals surface area contributed by atoms with Crippen LogP contribution in [0.25, 0.3) is 21.8 Å². The molecular weight excluding hydrogens is 555 g/mol. The van der Waals surface area contributed by atoms with Crippen molar-refractivity contribution in [1.82, 2.24) is 34.9 Å². The molecule has 1 N–H and O–H groups in total. The van der Waals surface area contributed by atoms with Gasteiger partial charge in [-0.15, -0.1) is 0 Å². The number of nitrogens with one attached hydrogen (secondary N) is 1. The van der Waals surface area contributed by atoms with Crippen molar-refractivity contribution in [2.24, 2.45) is 0 Å². The molecule has 4 aromatic rings. The van der Waals surface area contributed by atoms with Crippen LogP contribution in [0.5, 0.6) is 17.6 Å². The van der Waals surface area contributed by atoms with Crippen molar-refractivity contribution in [3.05, 3.63) is 48.0 Å². The maximum absolute atomic E-state index is 14.6. The first kappa shape index (κ1) is 27.1. The van der Waals surface area contributed by atoms with Crippen LogP contribution in [0.1, 0.15) is 0 Å². The van der Waals surface area contributed by atoms with Crippen molar-refractivity contribution in [3.8, 4) is 17.6 Å². The Hall–Kier alpha value is -4.07. The van der Waals surface area contributed by atoms with Crippen molar-refractivity contribution in [2.45, 2.75) is 6.04 Å². The molecule has 14 heteroatoms. The number of amides is 1. The molecule has 2 aliphatic rings. The lowest BCUT2D eigenvalue weighted by Crippen LogP contribution is -2.48. The monoisotopic (exact) mass is 582 g/mol. The molecule has 1 atom stereocenters. The Labute approximate surface area is 239 Å². The minimum Gasteiger partial charge on any atom is -0.462 e. The molecule has 1 amide bonds. The Kier molecular flexibility index (Phi) is 7.56. The van der Waals surface area contributed by atoms with Crippen LogP contribution in [0.2, 0.25) is 5.02 Å². The molecule has 0 aliphatic carbocycles. The van der Waals surface area contributed by atoms with E-state index in [1.165, 1.54) is 18.3 Å². The summed E-state index contributed by atoms with van der Waals surface area (Å²) >= 11 is 6.32. The minimum atomic E-state index is -0.663. The summed E-state index contributed by atoms with van der Waals surface area (Å²) < 4.78 is 32.5. The van der Waals surface area contributed by atoms with Crippen LogP contribution < -0.4 is 14.4 Å². The van der Waals surface area contributed by atoms with Crippen LogP contribution in [0.15, 0.2) is 37.2 Å². The molecule has 3 aromatic heterocycles. The molecule has 0 saturated carbocycles. The topological polar surface area (TPSA) is 122 Å². The van der Waals surface area contributed by atoms with Crippen molar-refractivity contribution in [3.63, 3.8) is 0 Å². The highest BCUT2D eigenvalue weighted by atomic mass is 35.5. The van der Waals surface area contributed by atoms with E-state index in [1.54, 1.807) is 17.2 Å². The van der Waals surface area contributed by atoms with E-state index < -0.39 is 5.82 Å². The number of carbonyl (C=O) groups is 1. The van der Waals surface area contributed by atoms with Gasteiger partial charge >= 0.3 is 6.01 Å². The number of benzene rings is 1. The van der Waals surface area contributed by atoms with Crippen LogP contribution in [0, 0.1) is 5.82 Å². The van der Waals surface area contributed by atoms with Gasteiger partial charge in [0.1, 0.15) is 28.8 Å². The third-order valence-electron chi connectivity index (χ3n) is 7.33. The number of morpholine rings is 1. The smallest absolute Gasteiger partial charge is 0.319 e. The Bertz CT molecular complexity index is 1610. The Morgan fingerprint density at radius 3 is 2.88 bits per heavy atom. The number of halogens is 2. The number of anilines is 1. The SMILES string of the molecule is C=CC(=O)N1CCN(c2nc(OCC3COCCN3C)nc3c(Oc4c(Cl)c(F)cc5[nH]ncc45)nccc23)CC1. The van der Waals surface area contributed by atoms with E-state index in [0.717, 1.165) is 6.54 Å². The molecule has 6 rings (SSSR count). The van der Waals surface area contributed by atoms with Gasteiger partial charge in [-0.05, 0) is 19.2 Å². The first-order chi connectivity index (χ1) is 19.9. The van der Waals surface area contributed by atoms with Gasteiger partial charge in [-0.2, -0.15) is 15.1 Å². The van der Waals surface area contributed by atoms with E-state index in [0.29, 0.717) is 73.6 Å². The molecule has 1 unspecified atom stereocenters. The van der Waals surface area contributed by atoms with Gasteiger partial charge in [-0.1, -0.05) is 18.2 Å². The lowest BCUT2D eigenvalue weighted by atomic mass is 10.2. The average molecular weight is 583 g/mol. The summed E-state index contributed by atoms with van der Waals surface area (Å²) in [5.41, 5.74) is 0.787. The van der Waals surface area contributed by atoms with Crippen molar-refractivity contribution in [1.29, 1.82) is 0 Å². The average Bonchev–Trinajstić information content (AvgIpc) is 3.46. The molecule has 2 aliphatic heterocycles. The van der Waals surface area contributed by atoms with Gasteiger partial charge in [-0.3, -0.25) is 14.8 Å². The number of hydrogen-bond acceptors (Lipinski definition) is 10. The van der Waals surface area contributed by atoms with Crippen LogP contribution in [-0.2, 0) is 9.53 Å². The first-order valence-electron chi connectivity index (χ1n) is 13.2. The van der Waals surface area contributed by atoms with E-state index >= 15 is 0 Å². The molecule has 1 aromatic carbocycles. The molecule has 12 nitrogen and oxygen atoms in total. The van der Waals surface area contributed by atoms with Gasteiger partial charge in [0.15, 0.2) is 5.75 Å². The van der Waals surface area contributed by atoms with Gasteiger partial charge in [0, 0.05) is 45.0 Å². The summed E-state index contributed by atoms with van der Waals surface area (Å²) in [5.74, 6) is -0.00335. The number of piperazine rings is 1. The van der Waals surface area contributed by atoms with Crippen LogP contribution in [0.3, 0.4) is 0 Å². The molecule has 0 bridgehead atoms. The number of carbonyl (C=O) groups excluding carboxylic acids is 1. The molecular formula is C27H28ClFN8O4. The van der Waals surface area contributed by atoms with Crippen molar-refractivity contribution < 1.29 is 23.4 Å². The summed E-state index contributed by atoms with van der Waals surface area (Å²) in [6, 6.07) is 3.20. The molecule has 2 saturated heterocycles. The second-order valence-corrected chi connectivity index (χ2v) is 10.2. The van der Waals surface area contributed by atoms with Crippen molar-refractivity contribution in [2.75, 3.05) is 64.5 Å². The predicted molar refractivity (Wildman–Crippen MR) is 150 cm³/mol. The van der Waals surface area contributed by atoms with Crippen molar-refractivity contribution >= 4 is 45.1 Å². The van der Waals surface area contributed by atoms with Crippen LogP contribution in [0.4, 0.5) is 10.2 Å². The highest BCUT2D eigenvalue weighted by molar-refractivity contribution is 6.33. The number of rotatable bonds is 7. The van der Waals surface area contributed by atoms with Gasteiger partial charge in [0.05, 0.1) is 41.7 Å². The van der Waals surface area contributed by atoms with Crippen LogP contribution >= 0.6 is 11.6 Å². The van der Waals surface area contributed by atoms with Gasteiger partial charge < -0.3 is 24.0 Å². The summed E-state index contributed by atoms with van der Waals surface area (Å²) in [4.78, 5) is 32.0. The molecule has 5 heterocycles. The normalized spacial score (nSPS) is 18.2. The largest absolute Gasteiger partial charge is 0.462 e. The third kappa shape index (κ3) is 5.35. The number of aromatic amines is 1. The number of hydrogen-bond donors (Lipinski definition) is 1. The van der Waals surface area contributed by atoms with E-state index in [4.69, 9.17) is 30.8 Å². The molecule has 0 radical (unpaired) electrons.